The van der Waals surface area contributed by atoms with Crippen molar-refractivity contribution < 1.29 is 14.6 Å². The van der Waals surface area contributed by atoms with Gasteiger partial charge in [-0.3, -0.25) is 5.32 Å². The third kappa shape index (κ3) is 7.40. The van der Waals surface area contributed by atoms with Gasteiger partial charge >= 0.3 is 6.03 Å². The van der Waals surface area contributed by atoms with E-state index in [0.717, 1.165) is 42.8 Å². The average molecular weight is 534 g/mol. The molecule has 4 rings (SSSR count). The van der Waals surface area contributed by atoms with Gasteiger partial charge in [0.1, 0.15) is 5.82 Å². The third-order valence-electron chi connectivity index (χ3n) is 7.91. The molecule has 0 saturated carbocycles. The molecule has 2 amide bonds. The van der Waals surface area contributed by atoms with Gasteiger partial charge in [-0.15, -0.1) is 5.10 Å². The van der Waals surface area contributed by atoms with Crippen LogP contribution in [0, 0.1) is 18.3 Å². The zero-order valence-electron chi connectivity index (χ0n) is 23.7. The molecule has 0 radical (unpaired) electrons. The van der Waals surface area contributed by atoms with Crippen molar-refractivity contribution in [2.24, 2.45) is 11.3 Å². The Labute approximate surface area is 232 Å². The standard InChI is InChI=1S/C31H43N5O3/c1-22-12-8-6-11-15-26(27(37)20-31(22,3)4)32-30(38)33-28-23(2)29(34-36(28)25-13-9-7-10-14-25)39-21-24-16-18-35(5)19-17-24/h6-14,24,26-27,37H,1,15-21H2,2-5H3,(H2,32,33,38)/b11-6-,12-8-/t26-,27-/m1/s1. The molecule has 1 aliphatic heterocycles. The molecule has 1 saturated heterocycles. The van der Waals surface area contributed by atoms with Gasteiger partial charge in [0.15, 0.2) is 0 Å². The number of carbonyl (C=O) groups excluding carboxylic acids is 1. The number of amides is 2. The minimum absolute atomic E-state index is 0.306. The highest BCUT2D eigenvalue weighted by Gasteiger charge is 2.30. The molecule has 2 atom stereocenters. The quantitative estimate of drug-likeness (QED) is 0.472. The van der Waals surface area contributed by atoms with Crippen LogP contribution in [0.1, 0.15) is 45.1 Å². The Hall–Kier alpha value is -3.36. The van der Waals surface area contributed by atoms with E-state index in [2.05, 4.69) is 43.0 Å². The molecular weight excluding hydrogens is 490 g/mol. The van der Waals surface area contributed by atoms with Crippen molar-refractivity contribution in [1.29, 1.82) is 0 Å². The highest BCUT2D eigenvalue weighted by atomic mass is 16.5. The normalized spacial score (nSPS) is 24.1. The van der Waals surface area contributed by atoms with Gasteiger partial charge in [0.2, 0.25) is 5.88 Å². The summed E-state index contributed by atoms with van der Waals surface area (Å²) in [5, 5.41) is 21.8. The second-order valence-corrected chi connectivity index (χ2v) is 11.5. The van der Waals surface area contributed by atoms with Gasteiger partial charge in [-0.05, 0) is 81.8 Å². The lowest BCUT2D eigenvalue weighted by molar-refractivity contribution is 0.0929. The zero-order chi connectivity index (χ0) is 28.0. The number of para-hydroxylation sites is 1. The van der Waals surface area contributed by atoms with E-state index in [1.54, 1.807) is 4.68 Å². The number of allylic oxidation sites excluding steroid dienone is 4. The molecule has 8 nitrogen and oxygen atoms in total. The Morgan fingerprint density at radius 2 is 1.92 bits per heavy atom. The number of rotatable bonds is 6. The fourth-order valence-electron chi connectivity index (χ4n) is 5.06. The number of nitrogens with one attached hydrogen (secondary N) is 2. The Balaban J connectivity index is 1.51. The molecule has 1 aliphatic carbocycles. The molecular formula is C31H43N5O3. The number of ether oxygens (including phenoxy) is 1. The van der Waals surface area contributed by atoms with Gasteiger partial charge < -0.3 is 20.1 Å². The van der Waals surface area contributed by atoms with E-state index in [1.165, 1.54) is 0 Å². The first-order chi connectivity index (χ1) is 18.6. The number of benzene rings is 1. The SMILES string of the molecule is C=C1/C=C\C=C/C[C@@H](NC(=O)Nc2c(C)c(OCC3CCN(C)CC3)nn2-c2ccccc2)[C@H](O)CC1(C)C. The van der Waals surface area contributed by atoms with Crippen LogP contribution < -0.4 is 15.4 Å². The maximum atomic E-state index is 13.3. The smallest absolute Gasteiger partial charge is 0.320 e. The fourth-order valence-corrected chi connectivity index (χ4v) is 5.06. The van der Waals surface area contributed by atoms with Crippen LogP contribution in [0.25, 0.3) is 5.69 Å². The summed E-state index contributed by atoms with van der Waals surface area (Å²) < 4.78 is 7.91. The molecule has 1 aromatic heterocycles. The van der Waals surface area contributed by atoms with Crippen LogP contribution >= 0.6 is 0 Å². The Morgan fingerprint density at radius 3 is 2.64 bits per heavy atom. The molecule has 1 fully saturated rings. The average Bonchev–Trinajstić information content (AvgIpc) is 3.21. The van der Waals surface area contributed by atoms with E-state index in [1.807, 2.05) is 61.6 Å². The summed E-state index contributed by atoms with van der Waals surface area (Å²) in [5.74, 6) is 1.54. The van der Waals surface area contributed by atoms with Gasteiger partial charge in [0.05, 0.1) is 30.0 Å². The number of aliphatic hydroxyl groups excluding tert-OH is 1. The predicted octanol–water partition coefficient (Wildman–Crippen LogP) is 5.24. The molecule has 3 N–H and O–H groups in total. The molecule has 2 aliphatic rings. The van der Waals surface area contributed by atoms with Crippen LogP contribution in [0.15, 0.2) is 66.8 Å². The van der Waals surface area contributed by atoms with Crippen LogP contribution in [0.3, 0.4) is 0 Å². The number of carbonyl (C=O) groups is 1. The molecule has 0 bridgehead atoms. The van der Waals surface area contributed by atoms with Crippen molar-refractivity contribution in [2.45, 2.75) is 58.6 Å². The lowest BCUT2D eigenvalue weighted by atomic mass is 9.78. The minimum atomic E-state index is -0.743. The number of hydrogen-bond acceptors (Lipinski definition) is 5. The largest absolute Gasteiger partial charge is 0.476 e. The van der Waals surface area contributed by atoms with Crippen LogP contribution in [0.2, 0.25) is 0 Å². The van der Waals surface area contributed by atoms with Crippen LogP contribution in [-0.2, 0) is 0 Å². The minimum Gasteiger partial charge on any atom is -0.476 e. The van der Waals surface area contributed by atoms with E-state index in [9.17, 15) is 9.90 Å². The van der Waals surface area contributed by atoms with E-state index < -0.39 is 18.2 Å². The molecule has 0 unspecified atom stereocenters. The van der Waals surface area contributed by atoms with Crippen LogP contribution in [0.5, 0.6) is 5.88 Å². The summed E-state index contributed by atoms with van der Waals surface area (Å²) in [6, 6.07) is 8.82. The van der Waals surface area contributed by atoms with Crippen LogP contribution in [-0.4, -0.2) is 64.7 Å². The first kappa shape index (κ1) is 28.6. The highest BCUT2D eigenvalue weighted by Crippen LogP contribution is 2.33. The summed E-state index contributed by atoms with van der Waals surface area (Å²) >= 11 is 0. The van der Waals surface area contributed by atoms with E-state index >= 15 is 0 Å². The van der Waals surface area contributed by atoms with Crippen molar-refractivity contribution in [3.05, 3.63) is 72.4 Å². The summed E-state index contributed by atoms with van der Waals surface area (Å²) in [6.07, 6.45) is 10.2. The van der Waals surface area contributed by atoms with Gasteiger partial charge in [-0.1, -0.05) is 62.9 Å². The third-order valence-corrected chi connectivity index (χ3v) is 7.91. The van der Waals surface area contributed by atoms with E-state index in [-0.39, 0.29) is 5.41 Å². The lowest BCUT2D eigenvalue weighted by Gasteiger charge is -2.32. The highest BCUT2D eigenvalue weighted by molar-refractivity contribution is 5.90. The fraction of sp³-hybridized carbons (Fsp3) is 0.484. The monoisotopic (exact) mass is 533 g/mol. The molecule has 1 aromatic carbocycles. The number of nitrogens with zero attached hydrogens (tertiary/aromatic N) is 3. The zero-order valence-corrected chi connectivity index (χ0v) is 23.7. The molecule has 0 spiro atoms. The topological polar surface area (TPSA) is 91.7 Å². The maximum absolute atomic E-state index is 13.3. The predicted molar refractivity (Wildman–Crippen MR) is 156 cm³/mol. The lowest BCUT2D eigenvalue weighted by Crippen LogP contribution is -2.46. The molecule has 2 heterocycles. The molecule has 39 heavy (non-hydrogen) atoms. The number of aromatic nitrogens is 2. The summed E-state index contributed by atoms with van der Waals surface area (Å²) in [5.41, 5.74) is 2.21. The molecule has 8 heteroatoms. The summed E-state index contributed by atoms with van der Waals surface area (Å²) in [7, 11) is 2.15. The second kappa shape index (κ2) is 12.7. The van der Waals surface area contributed by atoms with Gasteiger partial charge in [-0.25, -0.2) is 9.48 Å². The summed E-state index contributed by atoms with van der Waals surface area (Å²) in [4.78, 5) is 15.6. The van der Waals surface area contributed by atoms with E-state index in [4.69, 9.17) is 9.84 Å². The first-order valence-electron chi connectivity index (χ1n) is 13.9. The number of aliphatic hydroxyl groups is 1. The van der Waals surface area contributed by atoms with E-state index in [0.29, 0.717) is 37.1 Å². The first-order valence-corrected chi connectivity index (χ1v) is 13.9. The number of urea groups is 1. The Kier molecular flexibility index (Phi) is 9.30. The van der Waals surface area contributed by atoms with Gasteiger partial charge in [0, 0.05) is 0 Å². The van der Waals surface area contributed by atoms with Crippen molar-refractivity contribution in [3.8, 4) is 11.6 Å². The Bertz CT molecular complexity index is 1190. The van der Waals surface area contributed by atoms with Gasteiger partial charge in [0.25, 0.3) is 0 Å². The Morgan fingerprint density at radius 1 is 1.21 bits per heavy atom. The number of piperidine rings is 1. The van der Waals surface area contributed by atoms with Crippen molar-refractivity contribution >= 4 is 11.8 Å². The number of likely N-dealkylation sites (tertiary alicyclic amines) is 1. The van der Waals surface area contributed by atoms with Crippen molar-refractivity contribution in [1.82, 2.24) is 20.0 Å². The molecule has 210 valence electrons. The maximum Gasteiger partial charge on any atom is 0.320 e. The number of anilines is 1. The van der Waals surface area contributed by atoms with Crippen molar-refractivity contribution in [2.75, 3.05) is 32.1 Å². The summed E-state index contributed by atoms with van der Waals surface area (Å²) in [6.45, 7) is 12.9. The second-order valence-electron chi connectivity index (χ2n) is 11.5. The van der Waals surface area contributed by atoms with Crippen LogP contribution in [0.4, 0.5) is 10.6 Å². The van der Waals surface area contributed by atoms with Gasteiger partial charge in [-0.2, -0.15) is 0 Å². The van der Waals surface area contributed by atoms with Crippen molar-refractivity contribution in [3.63, 3.8) is 0 Å². The number of hydrogen-bond donors (Lipinski definition) is 3. The molecule has 2 aromatic rings.